The van der Waals surface area contributed by atoms with Crippen molar-refractivity contribution in [2.24, 2.45) is 11.8 Å². The van der Waals surface area contributed by atoms with Crippen molar-refractivity contribution in [1.29, 1.82) is 0 Å². The molecule has 1 aliphatic rings. The van der Waals surface area contributed by atoms with Gasteiger partial charge in [-0.3, -0.25) is 9.78 Å². The first-order valence-electron chi connectivity index (χ1n) is 5.66. The van der Waals surface area contributed by atoms with E-state index in [0.29, 0.717) is 4.47 Å². The Morgan fingerprint density at radius 3 is 2.68 bits per heavy atom. The number of rotatable bonds is 3. The van der Waals surface area contributed by atoms with Gasteiger partial charge in [0, 0.05) is 30.0 Å². The van der Waals surface area contributed by atoms with E-state index in [1.165, 1.54) is 22.8 Å². The van der Waals surface area contributed by atoms with Crippen LogP contribution in [-0.4, -0.2) is 41.9 Å². The molecule has 1 aliphatic heterocycles. The van der Waals surface area contributed by atoms with Crippen molar-refractivity contribution in [3.63, 3.8) is 0 Å². The predicted molar refractivity (Wildman–Crippen MR) is 71.0 cm³/mol. The molecule has 0 bridgehead atoms. The van der Waals surface area contributed by atoms with Crippen LogP contribution in [0.25, 0.3) is 0 Å². The first kappa shape index (κ1) is 14.4. The van der Waals surface area contributed by atoms with E-state index in [2.05, 4.69) is 20.9 Å². The van der Waals surface area contributed by atoms with Crippen LogP contribution in [0.5, 0.6) is 0 Å². The van der Waals surface area contributed by atoms with E-state index in [0.717, 1.165) is 0 Å². The number of nitrogens with zero attached hydrogens (tertiary/aromatic N) is 2. The molecule has 1 aromatic rings. The molecule has 1 aromatic heterocycles. The Kier molecular flexibility index (Phi) is 3.93. The van der Waals surface area contributed by atoms with E-state index in [1.54, 1.807) is 6.92 Å². The van der Waals surface area contributed by atoms with Gasteiger partial charge in [-0.05, 0) is 27.9 Å². The van der Waals surface area contributed by atoms with E-state index in [1.807, 2.05) is 0 Å². The minimum absolute atomic E-state index is 0.00530. The van der Waals surface area contributed by atoms with Crippen LogP contribution in [0.15, 0.2) is 27.8 Å². The molecule has 0 saturated carbocycles. The maximum absolute atomic E-state index is 12.4. The lowest BCUT2D eigenvalue weighted by Gasteiger charge is -2.15. The summed E-state index contributed by atoms with van der Waals surface area (Å²) in [5.74, 6) is -1.82. The highest BCUT2D eigenvalue weighted by Gasteiger charge is 2.40. The van der Waals surface area contributed by atoms with Crippen molar-refractivity contribution in [2.75, 3.05) is 13.1 Å². The van der Waals surface area contributed by atoms with Gasteiger partial charge in [0.25, 0.3) is 0 Å². The zero-order valence-corrected chi connectivity index (χ0v) is 12.6. The van der Waals surface area contributed by atoms with Gasteiger partial charge in [-0.25, -0.2) is 8.42 Å². The normalized spacial score (nSPS) is 24.5. The predicted octanol–water partition coefficient (Wildman–Crippen LogP) is 1.19. The Balaban J connectivity index is 2.30. The Hall–Kier alpha value is -0.990. The van der Waals surface area contributed by atoms with Crippen LogP contribution in [0, 0.1) is 11.8 Å². The topological polar surface area (TPSA) is 87.6 Å². The van der Waals surface area contributed by atoms with Gasteiger partial charge in [-0.15, -0.1) is 0 Å². The van der Waals surface area contributed by atoms with Crippen LogP contribution in [0.2, 0.25) is 0 Å². The fraction of sp³-hybridized carbons (Fsp3) is 0.455. The van der Waals surface area contributed by atoms with Crippen molar-refractivity contribution in [1.82, 2.24) is 9.29 Å². The van der Waals surface area contributed by atoms with E-state index in [9.17, 15) is 13.2 Å². The molecule has 2 rings (SSSR count). The van der Waals surface area contributed by atoms with Crippen molar-refractivity contribution >= 4 is 31.9 Å². The molecule has 8 heteroatoms. The summed E-state index contributed by atoms with van der Waals surface area (Å²) in [6, 6.07) is 1.46. The quantitative estimate of drug-likeness (QED) is 0.886. The highest BCUT2D eigenvalue weighted by molar-refractivity contribution is 9.10. The van der Waals surface area contributed by atoms with Crippen LogP contribution < -0.4 is 0 Å². The smallest absolute Gasteiger partial charge is 0.308 e. The molecule has 1 saturated heterocycles. The molecule has 0 amide bonds. The minimum Gasteiger partial charge on any atom is -0.481 e. The summed E-state index contributed by atoms with van der Waals surface area (Å²) in [4.78, 5) is 14.9. The Morgan fingerprint density at radius 2 is 2.16 bits per heavy atom. The lowest BCUT2D eigenvalue weighted by molar-refractivity contribution is -0.142. The van der Waals surface area contributed by atoms with Crippen molar-refractivity contribution < 1.29 is 18.3 Å². The number of aliphatic carboxylic acids is 1. The van der Waals surface area contributed by atoms with Crippen molar-refractivity contribution in [3.05, 3.63) is 22.9 Å². The first-order chi connectivity index (χ1) is 8.82. The zero-order chi connectivity index (χ0) is 14.2. The summed E-state index contributed by atoms with van der Waals surface area (Å²) < 4.78 is 26.5. The van der Waals surface area contributed by atoms with Crippen LogP contribution in [0.1, 0.15) is 6.92 Å². The van der Waals surface area contributed by atoms with Gasteiger partial charge < -0.3 is 5.11 Å². The van der Waals surface area contributed by atoms with Crippen LogP contribution in [-0.2, 0) is 14.8 Å². The van der Waals surface area contributed by atoms with Gasteiger partial charge in [-0.2, -0.15) is 4.31 Å². The second kappa shape index (κ2) is 5.18. The first-order valence-corrected chi connectivity index (χ1v) is 7.89. The van der Waals surface area contributed by atoms with E-state index < -0.39 is 21.9 Å². The molecule has 0 radical (unpaired) electrons. The van der Waals surface area contributed by atoms with E-state index in [-0.39, 0.29) is 23.9 Å². The summed E-state index contributed by atoms with van der Waals surface area (Å²) in [5.41, 5.74) is 0. The monoisotopic (exact) mass is 348 g/mol. The molecule has 1 N–H and O–H groups in total. The largest absolute Gasteiger partial charge is 0.481 e. The average molecular weight is 349 g/mol. The van der Waals surface area contributed by atoms with Crippen molar-refractivity contribution in [3.8, 4) is 0 Å². The van der Waals surface area contributed by atoms with Gasteiger partial charge >= 0.3 is 5.97 Å². The number of carboxylic acids is 1. The second-order valence-electron chi connectivity index (χ2n) is 4.58. The molecular weight excluding hydrogens is 336 g/mol. The Labute approximate surface area is 119 Å². The van der Waals surface area contributed by atoms with Crippen LogP contribution in [0.3, 0.4) is 0 Å². The molecule has 104 valence electrons. The number of aromatic nitrogens is 1. The van der Waals surface area contributed by atoms with E-state index in [4.69, 9.17) is 5.11 Å². The number of sulfonamides is 1. The number of hydrogen-bond donors (Lipinski definition) is 1. The third kappa shape index (κ3) is 2.80. The van der Waals surface area contributed by atoms with Gasteiger partial charge in [0.1, 0.15) is 4.90 Å². The lowest BCUT2D eigenvalue weighted by atomic mass is 9.99. The molecule has 6 nitrogen and oxygen atoms in total. The average Bonchev–Trinajstić information content (AvgIpc) is 2.72. The third-order valence-electron chi connectivity index (χ3n) is 3.21. The molecule has 1 fully saturated rings. The Morgan fingerprint density at radius 1 is 1.47 bits per heavy atom. The molecular formula is C11H13BrN2O4S. The summed E-state index contributed by atoms with van der Waals surface area (Å²) >= 11 is 3.17. The Bertz CT molecular complexity index is 604. The SMILES string of the molecule is C[C@@H]1CN(S(=O)(=O)c2cncc(Br)c2)C[C@H]1C(=O)O. The summed E-state index contributed by atoms with van der Waals surface area (Å²) in [5, 5.41) is 9.04. The van der Waals surface area contributed by atoms with Crippen LogP contribution in [0.4, 0.5) is 0 Å². The van der Waals surface area contributed by atoms with Gasteiger partial charge in [0.15, 0.2) is 0 Å². The highest BCUT2D eigenvalue weighted by Crippen LogP contribution is 2.29. The van der Waals surface area contributed by atoms with Crippen molar-refractivity contribution in [2.45, 2.75) is 11.8 Å². The van der Waals surface area contributed by atoms with E-state index >= 15 is 0 Å². The number of pyridine rings is 1. The number of halogens is 1. The summed E-state index contributed by atoms with van der Waals surface area (Å²) in [6.07, 6.45) is 2.75. The number of hydrogen-bond acceptors (Lipinski definition) is 4. The summed E-state index contributed by atoms with van der Waals surface area (Å²) in [6.45, 7) is 1.96. The number of carboxylic acid groups (broad SMARTS) is 1. The fourth-order valence-electron chi connectivity index (χ4n) is 2.12. The summed E-state index contributed by atoms with van der Waals surface area (Å²) in [7, 11) is -3.68. The van der Waals surface area contributed by atoms with Gasteiger partial charge in [0.05, 0.1) is 5.92 Å². The molecule has 2 heterocycles. The maximum Gasteiger partial charge on any atom is 0.308 e. The molecule has 2 atom stereocenters. The second-order valence-corrected chi connectivity index (χ2v) is 7.44. The lowest BCUT2D eigenvalue weighted by Crippen LogP contribution is -2.30. The molecule has 0 unspecified atom stereocenters. The molecule has 0 aliphatic carbocycles. The van der Waals surface area contributed by atoms with Gasteiger partial charge in [-0.1, -0.05) is 6.92 Å². The standard InChI is InChI=1S/C11H13BrN2O4S/c1-7-5-14(6-10(7)11(15)16)19(17,18)9-2-8(12)3-13-4-9/h2-4,7,10H,5-6H2,1H3,(H,15,16)/t7-,10-/m1/s1. The zero-order valence-electron chi connectivity index (χ0n) is 10.2. The minimum atomic E-state index is -3.68. The van der Waals surface area contributed by atoms with Crippen LogP contribution >= 0.6 is 15.9 Å². The number of carbonyl (C=O) groups is 1. The molecule has 19 heavy (non-hydrogen) atoms. The molecule has 0 spiro atoms. The third-order valence-corrected chi connectivity index (χ3v) is 5.44. The maximum atomic E-state index is 12.4. The van der Waals surface area contributed by atoms with Gasteiger partial charge in [0.2, 0.25) is 10.0 Å². The fourth-order valence-corrected chi connectivity index (χ4v) is 4.20. The highest BCUT2D eigenvalue weighted by atomic mass is 79.9. The molecule has 0 aromatic carbocycles.